The highest BCUT2D eigenvalue weighted by atomic mass is 28.3. The number of fused-ring (bicyclic) bond motifs is 9. The van der Waals surface area contributed by atoms with Crippen molar-refractivity contribution in [1.29, 1.82) is 0 Å². The van der Waals surface area contributed by atoms with Crippen LogP contribution in [0.4, 0.5) is 0 Å². The summed E-state index contributed by atoms with van der Waals surface area (Å²) in [6.45, 7) is 0. The van der Waals surface area contributed by atoms with Crippen molar-refractivity contribution in [2.75, 3.05) is 0 Å². The average Bonchev–Trinajstić information content (AvgIpc) is 3.53. The zero-order chi connectivity index (χ0) is 34.9. The monoisotopic (exact) mass is 687 g/mol. The molecule has 1 aliphatic rings. The van der Waals surface area contributed by atoms with Crippen molar-refractivity contribution in [1.82, 2.24) is 4.98 Å². The van der Waals surface area contributed by atoms with Crippen molar-refractivity contribution in [3.63, 3.8) is 0 Å². The molecular weight excluding hydrogens is 655 g/mol. The van der Waals surface area contributed by atoms with E-state index in [4.69, 9.17) is 4.98 Å². The van der Waals surface area contributed by atoms with Gasteiger partial charge >= 0.3 is 0 Å². The molecule has 53 heavy (non-hydrogen) atoms. The molecule has 0 N–H and O–H groups in total. The standard InChI is InChI=1S/C51H33NSi/c1-3-17-39(18-4-1)53(40-19-5-2-6-20-40)47-25-12-11-22-43(47)44-30-29-37(33-48(44)53)42-23-13-24-45-49-41-21-10-9-15-35(41)28-31-46(49)50(52-51(42)45)38-27-26-34-14-7-8-16-36(34)32-38/h1-33H. The Labute approximate surface area is 309 Å². The first-order chi connectivity index (χ1) is 26.3. The van der Waals surface area contributed by atoms with Crippen LogP contribution in [-0.2, 0) is 0 Å². The van der Waals surface area contributed by atoms with Crippen molar-refractivity contribution >= 4 is 72.0 Å². The molecule has 0 bridgehead atoms. The molecule has 1 aromatic heterocycles. The lowest BCUT2D eigenvalue weighted by molar-refractivity contribution is 1.43. The van der Waals surface area contributed by atoms with Crippen LogP contribution < -0.4 is 20.7 Å². The summed E-state index contributed by atoms with van der Waals surface area (Å²) in [7, 11) is -2.65. The number of hydrogen-bond donors (Lipinski definition) is 0. The van der Waals surface area contributed by atoms with Gasteiger partial charge in [-0.2, -0.15) is 0 Å². The van der Waals surface area contributed by atoms with Crippen LogP contribution in [0, 0.1) is 0 Å². The Bertz CT molecular complexity index is 3020. The van der Waals surface area contributed by atoms with Gasteiger partial charge in [-0.25, -0.2) is 4.98 Å². The first-order valence-corrected chi connectivity index (χ1v) is 20.4. The molecule has 2 heteroatoms. The Kier molecular flexibility index (Phi) is 6.64. The molecule has 0 fully saturated rings. The first-order valence-electron chi connectivity index (χ1n) is 18.4. The van der Waals surface area contributed by atoms with E-state index in [1.807, 2.05) is 0 Å². The Morgan fingerprint density at radius 3 is 1.75 bits per heavy atom. The molecule has 246 valence electrons. The van der Waals surface area contributed by atoms with Crippen LogP contribution in [0.15, 0.2) is 200 Å². The molecule has 9 aromatic carbocycles. The van der Waals surface area contributed by atoms with Gasteiger partial charge in [0.1, 0.15) is 0 Å². The van der Waals surface area contributed by atoms with Gasteiger partial charge in [-0.3, -0.25) is 0 Å². The third-order valence-corrected chi connectivity index (χ3v) is 16.4. The molecule has 1 nitrogen and oxygen atoms in total. The molecule has 0 saturated heterocycles. The van der Waals surface area contributed by atoms with E-state index in [0.717, 1.165) is 22.3 Å². The first kappa shape index (κ1) is 30.1. The summed E-state index contributed by atoms with van der Waals surface area (Å²) in [5.74, 6) is 0. The number of nitrogens with zero attached hydrogens (tertiary/aromatic N) is 1. The topological polar surface area (TPSA) is 12.9 Å². The summed E-state index contributed by atoms with van der Waals surface area (Å²) in [5.41, 5.74) is 8.21. The second kappa shape index (κ2) is 11.7. The van der Waals surface area contributed by atoms with Gasteiger partial charge in [0.2, 0.25) is 0 Å². The third-order valence-electron chi connectivity index (χ3n) is 11.5. The largest absolute Gasteiger partial charge is 0.246 e. The summed E-state index contributed by atoms with van der Waals surface area (Å²) in [5, 5.41) is 14.2. The smallest absolute Gasteiger partial charge is 0.180 e. The summed E-state index contributed by atoms with van der Waals surface area (Å²) in [4.78, 5) is 5.66. The molecule has 10 aromatic rings. The third kappa shape index (κ3) is 4.40. The molecule has 0 aliphatic carbocycles. The molecule has 0 radical (unpaired) electrons. The lowest BCUT2D eigenvalue weighted by Crippen LogP contribution is -2.72. The van der Waals surface area contributed by atoms with Gasteiger partial charge in [-0.15, -0.1) is 0 Å². The Morgan fingerprint density at radius 1 is 0.340 bits per heavy atom. The number of para-hydroxylation sites is 1. The van der Waals surface area contributed by atoms with Crippen LogP contribution in [0.5, 0.6) is 0 Å². The van der Waals surface area contributed by atoms with Gasteiger partial charge in [0.15, 0.2) is 8.07 Å². The zero-order valence-electron chi connectivity index (χ0n) is 29.0. The predicted octanol–water partition coefficient (Wildman–Crippen LogP) is 10.4. The van der Waals surface area contributed by atoms with Crippen molar-refractivity contribution in [2.24, 2.45) is 0 Å². The summed E-state index contributed by atoms with van der Waals surface area (Å²) in [6.07, 6.45) is 0. The quantitative estimate of drug-likeness (QED) is 0.133. The van der Waals surface area contributed by atoms with Gasteiger partial charge in [0, 0.05) is 27.3 Å². The molecule has 0 atom stereocenters. The van der Waals surface area contributed by atoms with E-state index in [-0.39, 0.29) is 0 Å². The van der Waals surface area contributed by atoms with Crippen LogP contribution in [0.2, 0.25) is 0 Å². The highest BCUT2D eigenvalue weighted by molar-refractivity contribution is 7.22. The molecule has 11 rings (SSSR count). The number of pyridine rings is 1. The zero-order valence-corrected chi connectivity index (χ0v) is 30.0. The molecule has 0 amide bonds. The minimum atomic E-state index is -2.65. The second-order valence-electron chi connectivity index (χ2n) is 14.2. The van der Waals surface area contributed by atoms with Gasteiger partial charge in [-0.1, -0.05) is 194 Å². The lowest BCUT2D eigenvalue weighted by Gasteiger charge is -2.31. The Hall–Kier alpha value is -6.61. The highest BCUT2D eigenvalue weighted by Gasteiger charge is 2.48. The number of rotatable bonds is 4. The van der Waals surface area contributed by atoms with Crippen LogP contribution in [0.25, 0.3) is 76.7 Å². The van der Waals surface area contributed by atoms with Crippen molar-refractivity contribution in [3.05, 3.63) is 200 Å². The van der Waals surface area contributed by atoms with Crippen LogP contribution in [0.1, 0.15) is 0 Å². The fourth-order valence-electron chi connectivity index (χ4n) is 9.20. The fraction of sp³-hybridized carbons (Fsp3) is 0. The van der Waals surface area contributed by atoms with Gasteiger partial charge in [0.25, 0.3) is 0 Å². The van der Waals surface area contributed by atoms with E-state index in [0.29, 0.717) is 0 Å². The number of hydrogen-bond acceptors (Lipinski definition) is 1. The number of benzene rings is 9. The molecule has 1 aliphatic heterocycles. The van der Waals surface area contributed by atoms with E-state index >= 15 is 0 Å². The molecule has 2 heterocycles. The van der Waals surface area contributed by atoms with Crippen LogP contribution >= 0.6 is 0 Å². The summed E-state index contributed by atoms with van der Waals surface area (Å²) >= 11 is 0. The highest BCUT2D eigenvalue weighted by Crippen LogP contribution is 2.41. The van der Waals surface area contributed by atoms with E-state index in [1.54, 1.807) is 0 Å². The predicted molar refractivity (Wildman–Crippen MR) is 228 cm³/mol. The SMILES string of the molecule is c1ccc([Si]2(c3ccccc3)c3ccccc3-c3ccc(-c4cccc5c4nc(-c4ccc6ccccc6c4)c4ccc6ccccc6c45)cc32)cc1. The van der Waals surface area contributed by atoms with Crippen LogP contribution in [-0.4, -0.2) is 13.1 Å². The molecule has 0 unspecified atom stereocenters. The van der Waals surface area contributed by atoms with Crippen molar-refractivity contribution < 1.29 is 0 Å². The minimum Gasteiger partial charge on any atom is -0.246 e. The maximum absolute atomic E-state index is 5.66. The van der Waals surface area contributed by atoms with Gasteiger partial charge in [0.05, 0.1) is 11.2 Å². The van der Waals surface area contributed by atoms with Gasteiger partial charge < -0.3 is 0 Å². The lowest BCUT2D eigenvalue weighted by atomic mass is 9.92. The van der Waals surface area contributed by atoms with Gasteiger partial charge in [-0.05, 0) is 65.0 Å². The normalized spacial score (nSPS) is 13.1. The molecule has 0 spiro atoms. The average molecular weight is 688 g/mol. The van der Waals surface area contributed by atoms with Crippen molar-refractivity contribution in [2.45, 2.75) is 0 Å². The fourth-order valence-corrected chi connectivity index (χ4v) is 14.4. The second-order valence-corrected chi connectivity index (χ2v) is 18.0. The minimum absolute atomic E-state index is 1.02. The van der Waals surface area contributed by atoms with E-state index in [2.05, 4.69) is 200 Å². The van der Waals surface area contributed by atoms with Crippen LogP contribution in [0.3, 0.4) is 0 Å². The Balaban J connectivity index is 1.23. The summed E-state index contributed by atoms with van der Waals surface area (Å²) in [6, 6.07) is 74.2. The molecule has 0 saturated carbocycles. The Morgan fingerprint density at radius 2 is 0.943 bits per heavy atom. The number of aromatic nitrogens is 1. The maximum Gasteiger partial charge on any atom is 0.180 e. The summed E-state index contributed by atoms with van der Waals surface area (Å²) < 4.78 is 0. The maximum atomic E-state index is 5.66. The van der Waals surface area contributed by atoms with E-state index in [1.165, 1.54) is 75.1 Å². The molecular formula is C51H33NSi. The van der Waals surface area contributed by atoms with E-state index < -0.39 is 8.07 Å². The van der Waals surface area contributed by atoms with E-state index in [9.17, 15) is 0 Å². The van der Waals surface area contributed by atoms with Crippen molar-refractivity contribution in [3.8, 4) is 33.5 Å².